The topological polar surface area (TPSA) is 106 Å². The van der Waals surface area contributed by atoms with Gasteiger partial charge in [0.15, 0.2) is 5.65 Å². The van der Waals surface area contributed by atoms with Crippen molar-refractivity contribution in [2.75, 3.05) is 5.73 Å². The summed E-state index contributed by atoms with van der Waals surface area (Å²) in [5, 5.41) is 13.3. The van der Waals surface area contributed by atoms with Crippen LogP contribution in [0.2, 0.25) is 0 Å². The van der Waals surface area contributed by atoms with Crippen LogP contribution >= 0.6 is 0 Å². The molecule has 0 atom stereocenters. The Morgan fingerprint density at radius 2 is 2.26 bits per heavy atom. The van der Waals surface area contributed by atoms with Gasteiger partial charge in [-0.15, -0.1) is 5.10 Å². The summed E-state index contributed by atoms with van der Waals surface area (Å²) in [7, 11) is 0. The van der Waals surface area contributed by atoms with Crippen molar-refractivity contribution < 1.29 is 9.90 Å². The van der Waals surface area contributed by atoms with E-state index in [1.54, 1.807) is 30.7 Å². The van der Waals surface area contributed by atoms with E-state index in [0.29, 0.717) is 16.8 Å². The number of carbonyl (C=O) groups is 1. The summed E-state index contributed by atoms with van der Waals surface area (Å²) in [4.78, 5) is 19.3. The molecule has 0 aromatic carbocycles. The summed E-state index contributed by atoms with van der Waals surface area (Å²) < 4.78 is 1.45. The smallest absolute Gasteiger partial charge is 0.336 e. The lowest BCUT2D eigenvalue weighted by molar-refractivity contribution is 0.0697. The molecule has 0 unspecified atom stereocenters. The fourth-order valence-corrected chi connectivity index (χ4v) is 1.87. The van der Waals surface area contributed by atoms with Crippen LogP contribution in [0.5, 0.6) is 0 Å². The van der Waals surface area contributed by atoms with Crippen LogP contribution in [-0.2, 0) is 0 Å². The number of hydrogen-bond acceptors (Lipinski definition) is 5. The van der Waals surface area contributed by atoms with Gasteiger partial charge in [0.2, 0.25) is 5.95 Å². The zero-order valence-corrected chi connectivity index (χ0v) is 9.69. The van der Waals surface area contributed by atoms with Crippen LogP contribution in [0.1, 0.15) is 10.4 Å². The summed E-state index contributed by atoms with van der Waals surface area (Å²) in [6.07, 6.45) is 4.79. The molecule has 0 saturated carbocycles. The second-order valence-electron chi connectivity index (χ2n) is 3.92. The Labute approximate surface area is 107 Å². The van der Waals surface area contributed by atoms with Crippen molar-refractivity contribution in [3.63, 3.8) is 0 Å². The number of nitrogens with two attached hydrogens (primary N) is 1. The molecular formula is C12H9N5O2. The number of nitrogen functional groups attached to an aromatic ring is 1. The van der Waals surface area contributed by atoms with Gasteiger partial charge in [-0.3, -0.25) is 4.98 Å². The minimum absolute atomic E-state index is 0.0969. The van der Waals surface area contributed by atoms with Gasteiger partial charge in [-0.1, -0.05) is 6.07 Å². The van der Waals surface area contributed by atoms with Crippen LogP contribution in [0.4, 0.5) is 5.95 Å². The molecule has 0 aliphatic carbocycles. The van der Waals surface area contributed by atoms with E-state index in [0.717, 1.165) is 0 Å². The van der Waals surface area contributed by atoms with Gasteiger partial charge in [0.25, 0.3) is 0 Å². The van der Waals surface area contributed by atoms with E-state index in [2.05, 4.69) is 15.1 Å². The molecule has 3 rings (SSSR count). The van der Waals surface area contributed by atoms with Gasteiger partial charge >= 0.3 is 5.97 Å². The van der Waals surface area contributed by atoms with E-state index < -0.39 is 5.97 Å². The number of fused-ring (bicyclic) bond motifs is 1. The molecule has 3 aromatic heterocycles. The molecule has 0 aliphatic rings. The molecule has 0 fully saturated rings. The standard InChI is InChI=1S/C12H9N5O2/c13-12-15-10-4-8(11(18)19)9(6-17(10)16-12)7-2-1-3-14-5-7/h1-6H,(H2,13,16)(H,18,19). The number of aromatic carboxylic acids is 1. The first kappa shape index (κ1) is 11.1. The normalized spacial score (nSPS) is 10.7. The second-order valence-corrected chi connectivity index (χ2v) is 3.92. The van der Waals surface area contributed by atoms with E-state index in [1.807, 2.05) is 0 Å². The van der Waals surface area contributed by atoms with E-state index in [4.69, 9.17) is 5.73 Å². The number of carboxylic acids is 1. The van der Waals surface area contributed by atoms with Gasteiger partial charge in [0.05, 0.1) is 5.56 Å². The predicted molar refractivity (Wildman–Crippen MR) is 67.6 cm³/mol. The number of pyridine rings is 2. The fourth-order valence-electron chi connectivity index (χ4n) is 1.87. The van der Waals surface area contributed by atoms with Crippen molar-refractivity contribution in [3.05, 3.63) is 42.4 Å². The minimum Gasteiger partial charge on any atom is -0.478 e. The maximum absolute atomic E-state index is 11.3. The third-order valence-corrected chi connectivity index (χ3v) is 2.69. The Hall–Kier alpha value is -2.96. The molecule has 0 amide bonds. The number of hydrogen-bond donors (Lipinski definition) is 2. The summed E-state index contributed by atoms with van der Waals surface area (Å²) in [6, 6.07) is 4.95. The van der Waals surface area contributed by atoms with Crippen molar-refractivity contribution in [3.8, 4) is 11.1 Å². The first-order valence-electron chi connectivity index (χ1n) is 5.45. The zero-order chi connectivity index (χ0) is 13.4. The molecular weight excluding hydrogens is 246 g/mol. The molecule has 0 aliphatic heterocycles. The largest absolute Gasteiger partial charge is 0.478 e. The zero-order valence-electron chi connectivity index (χ0n) is 9.69. The highest BCUT2D eigenvalue weighted by atomic mass is 16.4. The molecule has 3 aromatic rings. The van der Waals surface area contributed by atoms with Gasteiger partial charge in [-0.05, 0) is 12.1 Å². The highest BCUT2D eigenvalue weighted by Crippen LogP contribution is 2.24. The van der Waals surface area contributed by atoms with Crippen LogP contribution in [-0.4, -0.2) is 30.7 Å². The summed E-state index contributed by atoms with van der Waals surface area (Å²) in [6.45, 7) is 0. The molecule has 7 nitrogen and oxygen atoms in total. The van der Waals surface area contributed by atoms with E-state index in [9.17, 15) is 9.90 Å². The molecule has 7 heteroatoms. The third kappa shape index (κ3) is 1.86. The molecule has 0 radical (unpaired) electrons. The Morgan fingerprint density at radius 3 is 2.95 bits per heavy atom. The van der Waals surface area contributed by atoms with Gasteiger partial charge in [0, 0.05) is 29.7 Å². The molecule has 94 valence electrons. The van der Waals surface area contributed by atoms with Crippen LogP contribution in [0.15, 0.2) is 36.8 Å². The lowest BCUT2D eigenvalue weighted by Crippen LogP contribution is -2.02. The Kier molecular flexibility index (Phi) is 2.38. The summed E-state index contributed by atoms with van der Waals surface area (Å²) in [5.74, 6) is -0.942. The summed E-state index contributed by atoms with van der Waals surface area (Å²) >= 11 is 0. The van der Waals surface area contributed by atoms with Crippen LogP contribution in [0.3, 0.4) is 0 Å². The van der Waals surface area contributed by atoms with Crippen LogP contribution < -0.4 is 5.73 Å². The fraction of sp³-hybridized carbons (Fsp3) is 0. The minimum atomic E-state index is -1.04. The maximum atomic E-state index is 11.3. The quantitative estimate of drug-likeness (QED) is 0.709. The molecule has 0 saturated heterocycles. The van der Waals surface area contributed by atoms with Crippen molar-refractivity contribution in [2.45, 2.75) is 0 Å². The highest BCUT2D eigenvalue weighted by molar-refractivity contribution is 5.96. The molecule has 19 heavy (non-hydrogen) atoms. The van der Waals surface area contributed by atoms with Gasteiger partial charge in [-0.25, -0.2) is 9.31 Å². The predicted octanol–water partition coefficient (Wildman–Crippen LogP) is 1.07. The Balaban J connectivity index is 2.32. The van der Waals surface area contributed by atoms with Crippen molar-refractivity contribution in [2.24, 2.45) is 0 Å². The maximum Gasteiger partial charge on any atom is 0.336 e. The monoisotopic (exact) mass is 255 g/mol. The van der Waals surface area contributed by atoms with Crippen molar-refractivity contribution in [1.29, 1.82) is 0 Å². The van der Waals surface area contributed by atoms with E-state index in [1.165, 1.54) is 10.6 Å². The molecule has 0 bridgehead atoms. The molecule has 3 heterocycles. The average Bonchev–Trinajstić information content (AvgIpc) is 2.77. The lowest BCUT2D eigenvalue weighted by Gasteiger charge is -2.06. The number of anilines is 1. The first-order valence-corrected chi connectivity index (χ1v) is 5.45. The number of nitrogens with zero attached hydrogens (tertiary/aromatic N) is 4. The highest BCUT2D eigenvalue weighted by Gasteiger charge is 2.15. The second kappa shape index (κ2) is 4.05. The van der Waals surface area contributed by atoms with Gasteiger partial charge in [0.1, 0.15) is 0 Å². The average molecular weight is 255 g/mol. The third-order valence-electron chi connectivity index (χ3n) is 2.69. The lowest BCUT2D eigenvalue weighted by atomic mass is 10.0. The van der Waals surface area contributed by atoms with E-state index >= 15 is 0 Å². The molecule has 0 spiro atoms. The van der Waals surface area contributed by atoms with Crippen molar-refractivity contribution >= 4 is 17.6 Å². The van der Waals surface area contributed by atoms with Gasteiger partial charge in [-0.2, -0.15) is 4.98 Å². The Morgan fingerprint density at radius 1 is 1.42 bits per heavy atom. The SMILES string of the molecule is Nc1nc2cc(C(=O)O)c(-c3cccnc3)cn2n1. The molecule has 3 N–H and O–H groups in total. The van der Waals surface area contributed by atoms with Crippen molar-refractivity contribution in [1.82, 2.24) is 19.6 Å². The number of aromatic nitrogens is 4. The first-order chi connectivity index (χ1) is 9.15. The number of rotatable bonds is 2. The van der Waals surface area contributed by atoms with E-state index in [-0.39, 0.29) is 11.5 Å². The van der Waals surface area contributed by atoms with Crippen LogP contribution in [0.25, 0.3) is 16.8 Å². The van der Waals surface area contributed by atoms with Gasteiger partial charge < -0.3 is 10.8 Å². The van der Waals surface area contributed by atoms with Crippen LogP contribution in [0, 0.1) is 0 Å². The summed E-state index contributed by atoms with van der Waals surface area (Å²) in [5.41, 5.74) is 7.23. The Bertz CT molecular complexity index is 766. The number of carboxylic acid groups (broad SMARTS) is 1.